The monoisotopic (exact) mass is 402 g/mol. The Hall–Kier alpha value is -3.12. The molecule has 0 spiro atoms. The van der Waals surface area contributed by atoms with Crippen LogP contribution in [0.5, 0.6) is 0 Å². The minimum absolute atomic E-state index is 0.246. The maximum atomic E-state index is 12.3. The number of rotatable bonds is 5. The second-order valence-electron chi connectivity index (χ2n) is 7.00. The minimum atomic E-state index is -0.246. The quantitative estimate of drug-likeness (QED) is 0.460. The van der Waals surface area contributed by atoms with Gasteiger partial charge >= 0.3 is 5.69 Å². The molecule has 4 aromatic rings. The predicted molar refractivity (Wildman–Crippen MR) is 118 cm³/mol. The number of hydrogen-bond acceptors (Lipinski definition) is 4. The van der Waals surface area contributed by atoms with Crippen molar-refractivity contribution < 1.29 is 0 Å². The van der Waals surface area contributed by atoms with Crippen LogP contribution in [0.1, 0.15) is 16.7 Å². The van der Waals surface area contributed by atoms with Gasteiger partial charge in [0, 0.05) is 17.7 Å². The fourth-order valence-corrected chi connectivity index (χ4v) is 4.34. The molecule has 0 bridgehead atoms. The summed E-state index contributed by atoms with van der Waals surface area (Å²) in [7, 11) is 1.60. The van der Waals surface area contributed by atoms with Gasteiger partial charge < -0.3 is 0 Å². The molecule has 3 aromatic carbocycles. The molecule has 0 aliphatic heterocycles. The summed E-state index contributed by atoms with van der Waals surface area (Å²) in [6.07, 6.45) is 0. The summed E-state index contributed by atoms with van der Waals surface area (Å²) in [5.41, 5.74) is 6.50. The first-order valence-corrected chi connectivity index (χ1v) is 10.4. The minimum Gasteiger partial charge on any atom is -0.244 e. The predicted octanol–water partition coefficient (Wildman–Crippen LogP) is 4.54. The second kappa shape index (κ2) is 8.09. The van der Waals surface area contributed by atoms with Gasteiger partial charge in [0.05, 0.1) is 5.69 Å². The fraction of sp³-hybridized carbons (Fsp3) is 0.174. The first kappa shape index (κ1) is 19.2. The first-order valence-electron chi connectivity index (χ1n) is 9.41. The molecule has 0 amide bonds. The molecule has 0 radical (unpaired) electrons. The molecule has 4 rings (SSSR count). The largest absolute Gasteiger partial charge is 0.368 e. The normalized spacial score (nSPS) is 11.0. The van der Waals surface area contributed by atoms with Gasteiger partial charge in [-0.3, -0.25) is 0 Å². The topological polar surface area (TPSA) is 52.7 Å². The second-order valence-corrected chi connectivity index (χ2v) is 8.05. The molecule has 5 nitrogen and oxygen atoms in total. The van der Waals surface area contributed by atoms with Crippen molar-refractivity contribution in [1.29, 1.82) is 0 Å². The number of tetrazole rings is 1. The van der Waals surface area contributed by atoms with Gasteiger partial charge in [-0.2, -0.15) is 9.36 Å². The molecule has 29 heavy (non-hydrogen) atoms. The highest BCUT2D eigenvalue weighted by Gasteiger charge is 2.13. The van der Waals surface area contributed by atoms with Gasteiger partial charge in [0.15, 0.2) is 0 Å². The lowest BCUT2D eigenvalue weighted by Crippen LogP contribution is -2.23. The van der Waals surface area contributed by atoms with Crippen molar-refractivity contribution in [1.82, 2.24) is 19.8 Å². The van der Waals surface area contributed by atoms with Crippen molar-refractivity contribution in [3.63, 3.8) is 0 Å². The molecule has 1 aromatic heterocycles. The van der Waals surface area contributed by atoms with Crippen LogP contribution in [0.2, 0.25) is 0 Å². The molecule has 0 N–H and O–H groups in total. The molecule has 0 saturated carbocycles. The van der Waals surface area contributed by atoms with Crippen LogP contribution in [0.15, 0.2) is 76.4 Å². The van der Waals surface area contributed by atoms with Crippen LogP contribution in [0, 0.1) is 13.8 Å². The molecule has 1 heterocycles. The van der Waals surface area contributed by atoms with Crippen LogP contribution in [-0.2, 0) is 12.8 Å². The smallest absolute Gasteiger partial charge is 0.244 e. The van der Waals surface area contributed by atoms with Crippen LogP contribution >= 0.6 is 11.8 Å². The zero-order valence-electron chi connectivity index (χ0n) is 16.7. The Kier molecular flexibility index (Phi) is 5.36. The number of nitrogens with zero attached hydrogens (tertiary/aromatic N) is 4. The SMILES string of the molecule is Cc1ccccc1-c1ccc(SCc2c(C)cccc2-n2nnn(C)c2=O)cc1. The molecule has 146 valence electrons. The van der Waals surface area contributed by atoms with E-state index in [1.807, 2.05) is 12.1 Å². The van der Waals surface area contributed by atoms with Crippen molar-refractivity contribution >= 4 is 11.8 Å². The third-order valence-electron chi connectivity index (χ3n) is 5.03. The van der Waals surface area contributed by atoms with E-state index in [1.54, 1.807) is 18.8 Å². The Morgan fingerprint density at radius 3 is 2.28 bits per heavy atom. The standard InChI is InChI=1S/C23H22N4OS/c1-16-7-4-5-9-20(16)18-11-13-19(14-12-18)29-15-21-17(2)8-6-10-22(21)27-23(28)26(3)24-25-27/h4-14H,15H2,1-3H3. The van der Waals surface area contributed by atoms with E-state index in [9.17, 15) is 4.79 Å². The van der Waals surface area contributed by atoms with Gasteiger partial charge in [0.2, 0.25) is 0 Å². The van der Waals surface area contributed by atoms with Gasteiger partial charge in [-0.25, -0.2) is 4.79 Å². The average molecular weight is 403 g/mol. The van der Waals surface area contributed by atoms with Gasteiger partial charge in [0.1, 0.15) is 0 Å². The van der Waals surface area contributed by atoms with E-state index in [2.05, 4.69) is 78.9 Å². The van der Waals surface area contributed by atoms with Gasteiger partial charge in [-0.1, -0.05) is 48.5 Å². The molecule has 0 unspecified atom stereocenters. The summed E-state index contributed by atoms with van der Waals surface area (Å²) in [4.78, 5) is 13.5. The number of hydrogen-bond donors (Lipinski definition) is 0. The van der Waals surface area contributed by atoms with Gasteiger partial charge in [-0.05, 0) is 70.3 Å². The summed E-state index contributed by atoms with van der Waals surface area (Å²) in [5.74, 6) is 0.745. The van der Waals surface area contributed by atoms with Crippen LogP contribution < -0.4 is 5.69 Å². The molecule has 6 heteroatoms. The molecule has 0 aliphatic rings. The number of thioether (sulfide) groups is 1. The number of aryl methyl sites for hydroxylation is 3. The Labute approximate surface area is 174 Å². The van der Waals surface area contributed by atoms with Crippen molar-refractivity contribution in [2.24, 2.45) is 7.05 Å². The fourth-order valence-electron chi connectivity index (χ4n) is 3.32. The van der Waals surface area contributed by atoms with E-state index in [1.165, 1.54) is 30.9 Å². The average Bonchev–Trinajstić information content (AvgIpc) is 3.06. The van der Waals surface area contributed by atoms with E-state index < -0.39 is 0 Å². The summed E-state index contributed by atoms with van der Waals surface area (Å²) in [6.45, 7) is 4.19. The van der Waals surface area contributed by atoms with E-state index in [0.717, 1.165) is 22.6 Å². The third kappa shape index (κ3) is 3.89. The summed E-state index contributed by atoms with van der Waals surface area (Å²) in [5, 5.41) is 7.84. The summed E-state index contributed by atoms with van der Waals surface area (Å²) >= 11 is 1.75. The van der Waals surface area contributed by atoms with E-state index in [4.69, 9.17) is 0 Å². The lowest BCUT2D eigenvalue weighted by Gasteiger charge is -2.12. The molecular weight excluding hydrogens is 380 g/mol. The maximum absolute atomic E-state index is 12.3. The molecule has 0 aliphatic carbocycles. The third-order valence-corrected chi connectivity index (χ3v) is 6.07. The van der Waals surface area contributed by atoms with Crippen LogP contribution in [0.3, 0.4) is 0 Å². The summed E-state index contributed by atoms with van der Waals surface area (Å²) in [6, 6.07) is 23.0. The van der Waals surface area contributed by atoms with Crippen molar-refractivity contribution in [3.05, 3.63) is 93.9 Å². The zero-order valence-corrected chi connectivity index (χ0v) is 17.5. The molecule has 0 atom stereocenters. The Morgan fingerprint density at radius 2 is 1.59 bits per heavy atom. The van der Waals surface area contributed by atoms with Gasteiger partial charge in [0.25, 0.3) is 0 Å². The van der Waals surface area contributed by atoms with Crippen LogP contribution in [0.4, 0.5) is 0 Å². The summed E-state index contributed by atoms with van der Waals surface area (Å²) < 4.78 is 2.60. The molecule has 0 fully saturated rings. The first-order chi connectivity index (χ1) is 14.0. The number of benzene rings is 3. The highest BCUT2D eigenvalue weighted by molar-refractivity contribution is 7.98. The van der Waals surface area contributed by atoms with Crippen LogP contribution in [0.25, 0.3) is 16.8 Å². The Bertz CT molecular complexity index is 1210. The van der Waals surface area contributed by atoms with Crippen molar-refractivity contribution in [3.8, 4) is 16.8 Å². The highest BCUT2D eigenvalue weighted by atomic mass is 32.2. The van der Waals surface area contributed by atoms with Crippen LogP contribution in [-0.4, -0.2) is 19.8 Å². The lowest BCUT2D eigenvalue weighted by molar-refractivity contribution is 0.692. The van der Waals surface area contributed by atoms with Gasteiger partial charge in [-0.15, -0.1) is 11.8 Å². The van der Waals surface area contributed by atoms with Crippen molar-refractivity contribution in [2.75, 3.05) is 0 Å². The molecular formula is C23H22N4OS. The van der Waals surface area contributed by atoms with E-state index in [-0.39, 0.29) is 5.69 Å². The number of aromatic nitrogens is 4. The Balaban J connectivity index is 1.58. The van der Waals surface area contributed by atoms with E-state index >= 15 is 0 Å². The van der Waals surface area contributed by atoms with Crippen molar-refractivity contribution in [2.45, 2.75) is 24.5 Å². The lowest BCUT2D eigenvalue weighted by atomic mass is 10.0. The zero-order chi connectivity index (χ0) is 20.4. The maximum Gasteiger partial charge on any atom is 0.368 e. The molecule has 0 saturated heterocycles. The highest BCUT2D eigenvalue weighted by Crippen LogP contribution is 2.30. The van der Waals surface area contributed by atoms with E-state index in [0.29, 0.717) is 0 Å². The Morgan fingerprint density at radius 1 is 0.862 bits per heavy atom.